The van der Waals surface area contributed by atoms with Gasteiger partial charge in [0, 0.05) is 63.4 Å². The standard InChI is InChI=1S/C18H22FN5/c1-14-10-20-18(21-11-14)24-12-17(13-24)23-8-6-22(7-9-23)16-4-2-15(19)3-5-16/h2-5,10-11,17H,6-9,12-13H2,1H3. The van der Waals surface area contributed by atoms with E-state index in [4.69, 9.17) is 0 Å². The van der Waals surface area contributed by atoms with E-state index in [0.29, 0.717) is 6.04 Å². The molecule has 0 atom stereocenters. The maximum Gasteiger partial charge on any atom is 0.225 e. The Labute approximate surface area is 141 Å². The third-order valence-electron chi connectivity index (χ3n) is 4.93. The zero-order chi connectivity index (χ0) is 16.5. The van der Waals surface area contributed by atoms with E-state index in [9.17, 15) is 4.39 Å². The highest BCUT2D eigenvalue weighted by Gasteiger charge is 2.34. The molecule has 2 saturated heterocycles. The van der Waals surface area contributed by atoms with Crippen molar-refractivity contribution >= 4 is 11.6 Å². The van der Waals surface area contributed by atoms with E-state index in [0.717, 1.165) is 56.5 Å². The van der Waals surface area contributed by atoms with E-state index < -0.39 is 0 Å². The number of nitrogens with zero attached hydrogens (tertiary/aromatic N) is 5. The SMILES string of the molecule is Cc1cnc(N2CC(N3CCN(c4ccc(F)cc4)CC3)C2)nc1. The van der Waals surface area contributed by atoms with E-state index in [-0.39, 0.29) is 5.82 Å². The predicted octanol–water partition coefficient (Wildman–Crippen LogP) is 1.93. The van der Waals surface area contributed by atoms with Crippen molar-refractivity contribution in [2.24, 2.45) is 0 Å². The molecule has 0 N–H and O–H groups in total. The molecule has 0 aliphatic carbocycles. The summed E-state index contributed by atoms with van der Waals surface area (Å²) in [5.41, 5.74) is 2.20. The Morgan fingerprint density at radius 1 is 0.917 bits per heavy atom. The van der Waals surface area contributed by atoms with Gasteiger partial charge in [0.05, 0.1) is 0 Å². The number of halogens is 1. The first-order valence-corrected chi connectivity index (χ1v) is 8.47. The molecule has 1 aromatic carbocycles. The number of aryl methyl sites for hydroxylation is 1. The smallest absolute Gasteiger partial charge is 0.225 e. The maximum absolute atomic E-state index is 13.0. The molecule has 0 bridgehead atoms. The summed E-state index contributed by atoms with van der Waals surface area (Å²) in [5, 5.41) is 0. The van der Waals surface area contributed by atoms with Gasteiger partial charge in [-0.25, -0.2) is 14.4 Å². The molecule has 0 spiro atoms. The van der Waals surface area contributed by atoms with Crippen LogP contribution in [0, 0.1) is 12.7 Å². The Hall–Kier alpha value is -2.21. The molecule has 2 aliphatic rings. The summed E-state index contributed by atoms with van der Waals surface area (Å²) >= 11 is 0. The fourth-order valence-corrected chi connectivity index (χ4v) is 3.40. The molecule has 2 fully saturated rings. The van der Waals surface area contributed by atoms with Crippen LogP contribution in [0.2, 0.25) is 0 Å². The lowest BCUT2D eigenvalue weighted by atomic mass is 10.1. The van der Waals surface area contributed by atoms with Crippen LogP contribution in [-0.4, -0.2) is 60.2 Å². The molecule has 6 heteroatoms. The lowest BCUT2D eigenvalue weighted by molar-refractivity contribution is 0.156. The summed E-state index contributed by atoms with van der Waals surface area (Å²) in [6, 6.07) is 7.39. The van der Waals surface area contributed by atoms with Gasteiger partial charge in [-0.3, -0.25) is 4.90 Å². The van der Waals surface area contributed by atoms with Crippen LogP contribution in [0.3, 0.4) is 0 Å². The molecular formula is C18H22FN5. The molecule has 1 aromatic heterocycles. The van der Waals surface area contributed by atoms with Crippen molar-refractivity contribution in [1.29, 1.82) is 0 Å². The van der Waals surface area contributed by atoms with Gasteiger partial charge >= 0.3 is 0 Å². The van der Waals surface area contributed by atoms with Crippen LogP contribution in [-0.2, 0) is 0 Å². The van der Waals surface area contributed by atoms with Crippen LogP contribution >= 0.6 is 0 Å². The number of anilines is 2. The second-order valence-electron chi connectivity index (χ2n) is 6.62. The third kappa shape index (κ3) is 3.06. The van der Waals surface area contributed by atoms with Crippen molar-refractivity contribution in [1.82, 2.24) is 14.9 Å². The zero-order valence-electron chi connectivity index (χ0n) is 13.9. The Morgan fingerprint density at radius 2 is 1.54 bits per heavy atom. The number of hydrogen-bond donors (Lipinski definition) is 0. The summed E-state index contributed by atoms with van der Waals surface area (Å²) in [4.78, 5) is 15.9. The molecule has 5 nitrogen and oxygen atoms in total. The molecular weight excluding hydrogens is 305 g/mol. The summed E-state index contributed by atoms with van der Waals surface area (Å²) in [6.07, 6.45) is 3.74. The summed E-state index contributed by atoms with van der Waals surface area (Å²) in [7, 11) is 0. The minimum absolute atomic E-state index is 0.176. The van der Waals surface area contributed by atoms with Crippen molar-refractivity contribution in [3.63, 3.8) is 0 Å². The molecule has 0 amide bonds. The quantitative estimate of drug-likeness (QED) is 0.861. The number of hydrogen-bond acceptors (Lipinski definition) is 5. The first-order valence-electron chi connectivity index (χ1n) is 8.47. The van der Waals surface area contributed by atoms with Crippen LogP contribution in [0.25, 0.3) is 0 Å². The van der Waals surface area contributed by atoms with Crippen LogP contribution in [0.1, 0.15) is 5.56 Å². The van der Waals surface area contributed by atoms with Gasteiger partial charge in [-0.2, -0.15) is 0 Å². The van der Waals surface area contributed by atoms with Crippen LogP contribution in [0.15, 0.2) is 36.7 Å². The first kappa shape index (κ1) is 15.3. The molecule has 2 aromatic rings. The fraction of sp³-hybridized carbons (Fsp3) is 0.444. The minimum Gasteiger partial charge on any atom is -0.369 e. The lowest BCUT2D eigenvalue weighted by Crippen LogP contribution is -2.63. The molecule has 3 heterocycles. The molecule has 0 unspecified atom stereocenters. The number of benzene rings is 1. The van der Waals surface area contributed by atoms with Crippen molar-refractivity contribution in [3.05, 3.63) is 48.0 Å². The van der Waals surface area contributed by atoms with Gasteiger partial charge < -0.3 is 9.80 Å². The summed E-state index contributed by atoms with van der Waals surface area (Å²) in [5.74, 6) is 0.659. The molecule has 4 rings (SSSR count). The topological polar surface area (TPSA) is 35.5 Å². The van der Waals surface area contributed by atoms with Gasteiger partial charge in [0.15, 0.2) is 0 Å². The highest BCUT2D eigenvalue weighted by atomic mass is 19.1. The second kappa shape index (κ2) is 6.36. The first-order chi connectivity index (χ1) is 11.7. The highest BCUT2D eigenvalue weighted by Crippen LogP contribution is 2.23. The van der Waals surface area contributed by atoms with Crippen molar-refractivity contribution in [2.45, 2.75) is 13.0 Å². The monoisotopic (exact) mass is 327 g/mol. The molecule has 0 saturated carbocycles. The van der Waals surface area contributed by atoms with Gasteiger partial charge in [0.2, 0.25) is 5.95 Å². The Morgan fingerprint density at radius 3 is 2.17 bits per heavy atom. The van der Waals surface area contributed by atoms with Crippen LogP contribution < -0.4 is 9.80 Å². The zero-order valence-corrected chi connectivity index (χ0v) is 13.9. The van der Waals surface area contributed by atoms with E-state index in [1.165, 1.54) is 12.1 Å². The van der Waals surface area contributed by atoms with Crippen molar-refractivity contribution < 1.29 is 4.39 Å². The average molecular weight is 327 g/mol. The van der Waals surface area contributed by atoms with E-state index in [1.54, 1.807) is 0 Å². The normalized spacial score (nSPS) is 19.4. The summed E-state index contributed by atoms with van der Waals surface area (Å²) < 4.78 is 13.0. The third-order valence-corrected chi connectivity index (χ3v) is 4.93. The Kier molecular flexibility index (Phi) is 4.06. The minimum atomic E-state index is -0.176. The fourth-order valence-electron chi connectivity index (χ4n) is 3.40. The van der Waals surface area contributed by atoms with E-state index in [1.807, 2.05) is 31.5 Å². The van der Waals surface area contributed by atoms with Gasteiger partial charge in [-0.1, -0.05) is 0 Å². The van der Waals surface area contributed by atoms with Gasteiger partial charge in [-0.15, -0.1) is 0 Å². The van der Waals surface area contributed by atoms with Gasteiger partial charge in [0.1, 0.15) is 5.82 Å². The molecule has 126 valence electrons. The molecule has 2 aliphatic heterocycles. The average Bonchev–Trinajstić information content (AvgIpc) is 2.57. The Balaban J connectivity index is 1.28. The number of aromatic nitrogens is 2. The second-order valence-corrected chi connectivity index (χ2v) is 6.62. The number of rotatable bonds is 3. The largest absolute Gasteiger partial charge is 0.369 e. The van der Waals surface area contributed by atoms with Crippen molar-refractivity contribution in [2.75, 3.05) is 49.1 Å². The molecule has 24 heavy (non-hydrogen) atoms. The maximum atomic E-state index is 13.0. The van der Waals surface area contributed by atoms with Crippen molar-refractivity contribution in [3.8, 4) is 0 Å². The van der Waals surface area contributed by atoms with Crippen LogP contribution in [0.5, 0.6) is 0 Å². The van der Waals surface area contributed by atoms with Gasteiger partial charge in [-0.05, 0) is 36.8 Å². The van der Waals surface area contributed by atoms with Gasteiger partial charge in [0.25, 0.3) is 0 Å². The lowest BCUT2D eigenvalue weighted by Gasteiger charge is -2.48. The summed E-state index contributed by atoms with van der Waals surface area (Å²) in [6.45, 7) is 8.07. The number of piperazine rings is 1. The van der Waals surface area contributed by atoms with E-state index in [2.05, 4.69) is 24.7 Å². The van der Waals surface area contributed by atoms with Crippen LogP contribution in [0.4, 0.5) is 16.0 Å². The van der Waals surface area contributed by atoms with E-state index >= 15 is 0 Å². The predicted molar refractivity (Wildman–Crippen MR) is 93.0 cm³/mol. The highest BCUT2D eigenvalue weighted by molar-refractivity contribution is 5.46. The molecule has 0 radical (unpaired) electrons. The Bertz CT molecular complexity index is 674.